The summed E-state index contributed by atoms with van der Waals surface area (Å²) in [5, 5.41) is 8.21. The van der Waals surface area contributed by atoms with Crippen molar-refractivity contribution in [1.29, 1.82) is 0 Å². The van der Waals surface area contributed by atoms with Crippen molar-refractivity contribution in [3.63, 3.8) is 0 Å². The van der Waals surface area contributed by atoms with Crippen LogP contribution in [0.25, 0.3) is 4.96 Å². The fraction of sp³-hybridized carbons (Fsp3) is 0.409. The number of piperidine rings is 1. The molecule has 8 heteroatoms. The predicted octanol–water partition coefficient (Wildman–Crippen LogP) is 2.44. The Labute approximate surface area is 179 Å². The van der Waals surface area contributed by atoms with E-state index in [4.69, 9.17) is 0 Å². The molecular weight excluding hydrogens is 398 g/mol. The largest absolute Gasteiger partial charge is 0.350 e. The molecule has 5 rings (SSSR count). The van der Waals surface area contributed by atoms with E-state index in [1.54, 1.807) is 6.20 Å². The molecule has 30 heavy (non-hydrogen) atoms. The van der Waals surface area contributed by atoms with Gasteiger partial charge in [0.2, 0.25) is 5.91 Å². The maximum Gasteiger partial charge on any atom is 0.271 e. The van der Waals surface area contributed by atoms with Gasteiger partial charge in [0, 0.05) is 36.9 Å². The molecule has 4 heterocycles. The molecule has 2 aromatic heterocycles. The van der Waals surface area contributed by atoms with Gasteiger partial charge in [-0.05, 0) is 37.8 Å². The summed E-state index contributed by atoms with van der Waals surface area (Å²) >= 11 is 1.50. The molecule has 7 nitrogen and oxygen atoms in total. The van der Waals surface area contributed by atoms with Crippen LogP contribution in [-0.2, 0) is 11.3 Å². The van der Waals surface area contributed by atoms with Crippen molar-refractivity contribution in [3.8, 4) is 0 Å². The topological polar surface area (TPSA) is 78.7 Å². The molecule has 2 atom stereocenters. The van der Waals surface area contributed by atoms with Gasteiger partial charge in [0.05, 0.1) is 0 Å². The fourth-order valence-corrected chi connectivity index (χ4v) is 5.51. The molecule has 2 aliphatic rings. The highest BCUT2D eigenvalue weighted by Crippen LogP contribution is 2.38. The Hall–Kier alpha value is -2.71. The van der Waals surface area contributed by atoms with Gasteiger partial charge >= 0.3 is 0 Å². The molecule has 2 aliphatic heterocycles. The van der Waals surface area contributed by atoms with E-state index in [1.165, 1.54) is 11.3 Å². The minimum absolute atomic E-state index is 0.0576. The summed E-state index contributed by atoms with van der Waals surface area (Å²) in [4.78, 5) is 33.5. The third kappa shape index (κ3) is 3.50. The minimum Gasteiger partial charge on any atom is -0.350 e. The Bertz CT molecular complexity index is 1030. The van der Waals surface area contributed by atoms with E-state index >= 15 is 0 Å². The van der Waals surface area contributed by atoms with Crippen LogP contribution in [0.15, 0.2) is 48.1 Å². The number of hydrogen-bond donors (Lipinski definition) is 2. The zero-order chi connectivity index (χ0) is 20.6. The Morgan fingerprint density at radius 1 is 1.23 bits per heavy atom. The number of aromatic nitrogens is 2. The van der Waals surface area contributed by atoms with E-state index < -0.39 is 5.54 Å². The van der Waals surface area contributed by atoms with E-state index in [-0.39, 0.29) is 17.9 Å². The van der Waals surface area contributed by atoms with E-state index in [1.807, 2.05) is 46.3 Å². The lowest BCUT2D eigenvalue weighted by Gasteiger charge is -2.40. The van der Waals surface area contributed by atoms with Gasteiger partial charge in [-0.25, -0.2) is 4.98 Å². The smallest absolute Gasteiger partial charge is 0.271 e. The van der Waals surface area contributed by atoms with Gasteiger partial charge in [-0.2, -0.15) is 0 Å². The molecule has 156 valence electrons. The van der Waals surface area contributed by atoms with E-state index in [0.717, 1.165) is 36.3 Å². The average Bonchev–Trinajstić information content (AvgIpc) is 3.45. The van der Waals surface area contributed by atoms with Crippen LogP contribution in [0.4, 0.5) is 0 Å². The highest BCUT2D eigenvalue weighted by Gasteiger charge is 2.52. The Balaban J connectivity index is 1.27. The number of rotatable bonds is 5. The van der Waals surface area contributed by atoms with Crippen molar-refractivity contribution in [3.05, 3.63) is 59.4 Å². The summed E-state index contributed by atoms with van der Waals surface area (Å²) < 4.78 is 1.86. The van der Waals surface area contributed by atoms with Gasteiger partial charge in [0.25, 0.3) is 5.91 Å². The summed E-state index contributed by atoms with van der Waals surface area (Å²) in [6.07, 6.45) is 7.25. The van der Waals surface area contributed by atoms with Crippen LogP contribution in [0.2, 0.25) is 0 Å². The third-order valence-corrected chi connectivity index (χ3v) is 7.05. The number of benzene rings is 1. The number of hydrogen-bond acceptors (Lipinski definition) is 5. The third-order valence-electron chi connectivity index (χ3n) is 6.28. The molecule has 2 fully saturated rings. The number of nitrogens with one attached hydrogen (secondary N) is 2. The normalized spacial score (nSPS) is 23.9. The van der Waals surface area contributed by atoms with Gasteiger partial charge < -0.3 is 10.6 Å². The number of carbonyl (C=O) groups is 2. The molecular formula is C22H25N5O2S. The zero-order valence-electron chi connectivity index (χ0n) is 16.7. The molecule has 1 aromatic carbocycles. The van der Waals surface area contributed by atoms with Gasteiger partial charge in [-0.15, -0.1) is 11.3 Å². The first-order valence-corrected chi connectivity index (χ1v) is 11.3. The number of carbonyl (C=O) groups excluding carboxylic acids is 2. The molecule has 2 N–H and O–H groups in total. The van der Waals surface area contributed by atoms with Gasteiger partial charge in [0.1, 0.15) is 11.2 Å². The molecule has 3 aromatic rings. The van der Waals surface area contributed by atoms with Gasteiger partial charge in [-0.1, -0.05) is 30.3 Å². The highest BCUT2D eigenvalue weighted by molar-refractivity contribution is 7.15. The van der Waals surface area contributed by atoms with E-state index in [9.17, 15) is 9.59 Å². The predicted molar refractivity (Wildman–Crippen MR) is 115 cm³/mol. The second-order valence-electron chi connectivity index (χ2n) is 8.20. The summed E-state index contributed by atoms with van der Waals surface area (Å²) in [5.41, 5.74) is 0.987. The van der Waals surface area contributed by atoms with Crippen molar-refractivity contribution in [2.24, 2.45) is 0 Å². The molecule has 2 amide bonds. The van der Waals surface area contributed by atoms with E-state index in [2.05, 4.69) is 20.5 Å². The summed E-state index contributed by atoms with van der Waals surface area (Å²) in [7, 11) is 0. The number of fused-ring (bicyclic) bond motifs is 2. The summed E-state index contributed by atoms with van der Waals surface area (Å²) in [5.74, 6) is -0.0964. The first kappa shape index (κ1) is 19.3. The Morgan fingerprint density at radius 3 is 2.93 bits per heavy atom. The van der Waals surface area contributed by atoms with E-state index in [0.29, 0.717) is 25.2 Å². The number of thiazole rings is 1. The second kappa shape index (κ2) is 7.85. The van der Waals surface area contributed by atoms with Crippen LogP contribution in [0.3, 0.4) is 0 Å². The standard InChI is InChI=1S/C22H25N5O2S/c28-19(18-15-26-10-11-30-21(26)25-18)24-17-12-22(8-4-5-9-27(22)14-17)20(29)23-13-16-6-2-1-3-7-16/h1-3,6-7,10-11,15,17H,4-5,8-9,12-14H2,(H,23,29)(H,24,28)/t17-,22-/m0/s1. The summed E-state index contributed by atoms with van der Waals surface area (Å²) in [6.45, 7) is 2.12. The molecule has 0 unspecified atom stereocenters. The van der Waals surface area contributed by atoms with Gasteiger partial charge in [0.15, 0.2) is 4.96 Å². The maximum atomic E-state index is 13.3. The highest BCUT2D eigenvalue weighted by atomic mass is 32.1. The van der Waals surface area contributed by atoms with Crippen LogP contribution < -0.4 is 10.6 Å². The molecule has 0 aliphatic carbocycles. The lowest BCUT2D eigenvalue weighted by atomic mass is 9.84. The van der Waals surface area contributed by atoms with Crippen molar-refractivity contribution in [2.45, 2.75) is 43.8 Å². The number of nitrogens with zero attached hydrogens (tertiary/aromatic N) is 3. The van der Waals surface area contributed by atoms with Crippen LogP contribution >= 0.6 is 11.3 Å². The molecule has 2 saturated heterocycles. The summed E-state index contributed by atoms with van der Waals surface area (Å²) in [6, 6.07) is 9.91. The number of imidazole rings is 1. The lowest BCUT2D eigenvalue weighted by Crippen LogP contribution is -2.57. The monoisotopic (exact) mass is 423 g/mol. The first-order valence-electron chi connectivity index (χ1n) is 10.4. The maximum absolute atomic E-state index is 13.3. The Kier molecular flexibility index (Phi) is 5.04. The van der Waals surface area contributed by atoms with Crippen LogP contribution in [0.5, 0.6) is 0 Å². The van der Waals surface area contributed by atoms with Crippen molar-refractivity contribution in [2.75, 3.05) is 13.1 Å². The lowest BCUT2D eigenvalue weighted by molar-refractivity contribution is -0.134. The zero-order valence-corrected chi connectivity index (χ0v) is 17.5. The number of amides is 2. The van der Waals surface area contributed by atoms with Crippen LogP contribution in [0, 0.1) is 0 Å². The van der Waals surface area contributed by atoms with Crippen LogP contribution in [0.1, 0.15) is 41.7 Å². The fourth-order valence-electron chi connectivity index (χ4n) is 4.81. The molecule has 0 radical (unpaired) electrons. The van der Waals surface area contributed by atoms with Crippen molar-refractivity contribution >= 4 is 28.1 Å². The second-order valence-corrected chi connectivity index (χ2v) is 9.07. The Morgan fingerprint density at radius 2 is 2.10 bits per heavy atom. The van der Waals surface area contributed by atoms with Crippen LogP contribution in [-0.4, -0.2) is 50.8 Å². The van der Waals surface area contributed by atoms with Gasteiger partial charge in [-0.3, -0.25) is 18.9 Å². The first-order chi connectivity index (χ1) is 14.6. The molecule has 0 spiro atoms. The average molecular weight is 424 g/mol. The quantitative estimate of drug-likeness (QED) is 0.661. The molecule has 0 saturated carbocycles. The van der Waals surface area contributed by atoms with Crippen molar-refractivity contribution < 1.29 is 9.59 Å². The van der Waals surface area contributed by atoms with Crippen molar-refractivity contribution in [1.82, 2.24) is 24.9 Å². The molecule has 0 bridgehead atoms. The minimum atomic E-state index is -0.528. The SMILES string of the molecule is O=C(N[C@@H]1CN2CCCC[C@@]2(C(=O)NCc2ccccc2)C1)c1cn2ccsc2n1.